The van der Waals surface area contributed by atoms with E-state index in [9.17, 15) is 28.8 Å². The number of hydrazine groups is 1. The zero-order chi connectivity index (χ0) is 27.9. The van der Waals surface area contributed by atoms with Crippen LogP contribution in [-0.2, 0) is 38.2 Å². The number of rotatable bonds is 19. The summed E-state index contributed by atoms with van der Waals surface area (Å²) in [6.45, 7) is 3.56. The molecule has 0 bridgehead atoms. The Balaban J connectivity index is 4.21. The highest BCUT2D eigenvalue weighted by Crippen LogP contribution is 2.07. The lowest BCUT2D eigenvalue weighted by atomic mass is 10.2. The first-order valence-electron chi connectivity index (χ1n) is 11.9. The molecule has 37 heavy (non-hydrogen) atoms. The number of hydrogen-bond donors (Lipinski definition) is 4. The van der Waals surface area contributed by atoms with E-state index in [2.05, 4.69) is 30.5 Å². The SMILES string of the molecule is CCC=NNCC(=O)C(NN=CCC)OC(=O)CCCCC(=O)OC(=O)CCCCC(=O)OC(=O)NN. The van der Waals surface area contributed by atoms with Crippen LogP contribution in [0.4, 0.5) is 4.79 Å². The Hall–Kier alpha value is -3.88. The topological polar surface area (TPSA) is 217 Å². The molecule has 208 valence electrons. The fraction of sp³-hybridized carbons (Fsp3) is 0.636. The van der Waals surface area contributed by atoms with Crippen molar-refractivity contribution in [2.24, 2.45) is 16.0 Å². The predicted molar refractivity (Wildman–Crippen MR) is 130 cm³/mol. The first kappa shape index (κ1) is 33.1. The van der Waals surface area contributed by atoms with Crippen molar-refractivity contribution < 1.29 is 43.0 Å². The van der Waals surface area contributed by atoms with Gasteiger partial charge in [-0.2, -0.15) is 10.2 Å². The van der Waals surface area contributed by atoms with E-state index in [1.165, 1.54) is 6.21 Å². The Morgan fingerprint density at radius 1 is 0.757 bits per heavy atom. The van der Waals surface area contributed by atoms with Gasteiger partial charge in [0.15, 0.2) is 0 Å². The molecule has 0 aliphatic heterocycles. The van der Waals surface area contributed by atoms with E-state index >= 15 is 0 Å². The summed E-state index contributed by atoms with van der Waals surface area (Å²) in [5.74, 6) is 1.32. The van der Waals surface area contributed by atoms with Crippen molar-refractivity contribution in [2.45, 2.75) is 84.3 Å². The Morgan fingerprint density at radius 3 is 1.76 bits per heavy atom. The number of unbranched alkanes of at least 4 members (excludes halogenated alkanes) is 2. The molecule has 0 aliphatic rings. The lowest BCUT2D eigenvalue weighted by Gasteiger charge is -2.16. The number of esters is 4. The van der Waals surface area contributed by atoms with Crippen LogP contribution in [-0.4, -0.2) is 61.0 Å². The second kappa shape index (κ2) is 21.4. The van der Waals surface area contributed by atoms with Crippen molar-refractivity contribution in [3.05, 3.63) is 0 Å². The predicted octanol–water partition coefficient (Wildman–Crippen LogP) is 0.713. The van der Waals surface area contributed by atoms with Gasteiger partial charge < -0.3 is 19.6 Å². The molecule has 0 aromatic carbocycles. The lowest BCUT2D eigenvalue weighted by molar-refractivity contribution is -0.160. The molecule has 0 heterocycles. The van der Waals surface area contributed by atoms with Gasteiger partial charge in [0.25, 0.3) is 0 Å². The summed E-state index contributed by atoms with van der Waals surface area (Å²) >= 11 is 0. The number of Topliss-reactive ketones (excluding diaryl/α,β-unsaturated/α-hetero) is 1. The van der Waals surface area contributed by atoms with Crippen molar-refractivity contribution in [1.29, 1.82) is 0 Å². The first-order valence-corrected chi connectivity index (χ1v) is 11.9. The van der Waals surface area contributed by atoms with Gasteiger partial charge in [-0.1, -0.05) is 13.8 Å². The van der Waals surface area contributed by atoms with Crippen molar-refractivity contribution in [3.8, 4) is 0 Å². The fourth-order valence-corrected chi connectivity index (χ4v) is 2.43. The number of nitrogens with two attached hydrogens (primary N) is 1. The number of nitrogens with one attached hydrogen (secondary N) is 3. The Morgan fingerprint density at radius 2 is 1.24 bits per heavy atom. The number of carbonyl (C=O) groups excluding carboxylic acids is 6. The molecule has 15 nitrogen and oxygen atoms in total. The third-order valence-electron chi connectivity index (χ3n) is 4.20. The van der Waals surface area contributed by atoms with Gasteiger partial charge in [0.05, 0.1) is 6.54 Å². The average Bonchev–Trinajstić information content (AvgIpc) is 2.86. The molecule has 5 N–H and O–H groups in total. The van der Waals surface area contributed by atoms with Crippen LogP contribution in [0.25, 0.3) is 0 Å². The summed E-state index contributed by atoms with van der Waals surface area (Å²) in [7, 11) is 0. The molecule has 0 aromatic heterocycles. The number of ether oxygens (including phenoxy) is 3. The molecule has 0 radical (unpaired) electrons. The summed E-state index contributed by atoms with van der Waals surface area (Å²) in [5, 5.41) is 7.65. The van der Waals surface area contributed by atoms with Gasteiger partial charge >= 0.3 is 30.0 Å². The highest BCUT2D eigenvalue weighted by molar-refractivity contribution is 5.87. The monoisotopic (exact) mass is 528 g/mol. The molecule has 1 amide bonds. The second-order valence-electron chi connectivity index (χ2n) is 7.41. The first-order chi connectivity index (χ1) is 17.7. The highest BCUT2D eigenvalue weighted by atomic mass is 16.6. The fourth-order valence-electron chi connectivity index (χ4n) is 2.43. The molecule has 0 rings (SSSR count). The third kappa shape index (κ3) is 19.0. The summed E-state index contributed by atoms with van der Waals surface area (Å²) in [5.41, 5.74) is 6.68. The largest absolute Gasteiger partial charge is 0.433 e. The van der Waals surface area contributed by atoms with E-state index in [-0.39, 0.29) is 57.9 Å². The standard InChI is InChI=1S/C22H36N6O9/c1-3-13-24-26-15-16(29)21(28-25-14-4-2)36-19(32)11-7-5-9-17(30)35-18(31)10-6-8-12-20(33)37-22(34)27-23/h13-14,21,26,28H,3-12,15,23H2,1-2H3,(H,27,34). The Bertz CT molecular complexity index is 816. The van der Waals surface area contributed by atoms with Gasteiger partial charge in [-0.05, 0) is 38.5 Å². The lowest BCUT2D eigenvalue weighted by Crippen LogP contribution is -2.42. The zero-order valence-electron chi connectivity index (χ0n) is 21.2. The number of ketones is 1. The van der Waals surface area contributed by atoms with Crippen molar-refractivity contribution in [3.63, 3.8) is 0 Å². The molecule has 0 aromatic rings. The summed E-state index contributed by atoms with van der Waals surface area (Å²) in [6, 6.07) is 0. The number of carbonyl (C=O) groups is 6. The van der Waals surface area contributed by atoms with Gasteiger partial charge in [0, 0.05) is 38.1 Å². The molecule has 0 aliphatic carbocycles. The van der Waals surface area contributed by atoms with Crippen molar-refractivity contribution in [2.75, 3.05) is 6.54 Å². The zero-order valence-corrected chi connectivity index (χ0v) is 21.2. The van der Waals surface area contributed by atoms with Gasteiger partial charge in [-0.3, -0.25) is 34.8 Å². The highest BCUT2D eigenvalue weighted by Gasteiger charge is 2.22. The number of nitrogens with zero attached hydrogens (tertiary/aromatic N) is 2. The van der Waals surface area contributed by atoms with Crippen LogP contribution in [0.3, 0.4) is 0 Å². The molecular formula is C22H36N6O9. The number of amides is 1. The normalized spacial score (nSPS) is 11.5. The van der Waals surface area contributed by atoms with E-state index < -0.39 is 42.0 Å². The van der Waals surface area contributed by atoms with Crippen LogP contribution in [0.15, 0.2) is 10.2 Å². The van der Waals surface area contributed by atoms with Crippen LogP contribution in [0.1, 0.15) is 78.1 Å². The van der Waals surface area contributed by atoms with E-state index in [1.807, 2.05) is 13.8 Å². The molecule has 1 unspecified atom stereocenters. The molecule has 0 fully saturated rings. The maximum Gasteiger partial charge on any atom is 0.429 e. The quantitative estimate of drug-likeness (QED) is 0.0210. The van der Waals surface area contributed by atoms with Crippen LogP contribution in [0.2, 0.25) is 0 Å². The average molecular weight is 529 g/mol. The van der Waals surface area contributed by atoms with E-state index in [1.54, 1.807) is 11.6 Å². The minimum atomic E-state index is -1.29. The van der Waals surface area contributed by atoms with E-state index in [0.29, 0.717) is 12.8 Å². The third-order valence-corrected chi connectivity index (χ3v) is 4.20. The number of hydrazone groups is 2. The Labute approximate surface area is 214 Å². The molecule has 0 saturated carbocycles. The summed E-state index contributed by atoms with van der Waals surface area (Å²) in [6.07, 6.45) is 2.66. The maximum absolute atomic E-state index is 12.3. The Kier molecular flexibility index (Phi) is 19.2. The molecular weight excluding hydrogens is 492 g/mol. The second-order valence-corrected chi connectivity index (χ2v) is 7.41. The number of hydrogen-bond acceptors (Lipinski definition) is 14. The van der Waals surface area contributed by atoms with E-state index in [0.717, 1.165) is 0 Å². The summed E-state index contributed by atoms with van der Waals surface area (Å²) < 4.78 is 14.1. The van der Waals surface area contributed by atoms with Crippen LogP contribution < -0.4 is 22.1 Å². The van der Waals surface area contributed by atoms with E-state index in [4.69, 9.17) is 10.6 Å². The van der Waals surface area contributed by atoms with Crippen LogP contribution in [0, 0.1) is 0 Å². The van der Waals surface area contributed by atoms with Gasteiger partial charge in [-0.15, -0.1) is 0 Å². The van der Waals surface area contributed by atoms with Crippen LogP contribution in [0.5, 0.6) is 0 Å². The van der Waals surface area contributed by atoms with Crippen molar-refractivity contribution >= 4 is 48.2 Å². The maximum atomic E-state index is 12.3. The minimum absolute atomic E-state index is 0.0656. The van der Waals surface area contributed by atoms with Crippen molar-refractivity contribution in [1.82, 2.24) is 16.3 Å². The van der Waals surface area contributed by atoms with Gasteiger partial charge in [0.2, 0.25) is 12.0 Å². The molecule has 0 spiro atoms. The molecule has 15 heteroatoms. The molecule has 0 saturated heterocycles. The van der Waals surface area contributed by atoms with Gasteiger partial charge in [-0.25, -0.2) is 10.6 Å². The smallest absolute Gasteiger partial charge is 0.429 e. The molecule has 1 atom stereocenters. The summed E-state index contributed by atoms with van der Waals surface area (Å²) in [4.78, 5) is 69.9. The van der Waals surface area contributed by atoms with Crippen LogP contribution >= 0.6 is 0 Å². The minimum Gasteiger partial charge on any atom is -0.433 e. The van der Waals surface area contributed by atoms with Gasteiger partial charge in [0.1, 0.15) is 0 Å².